The zero-order valence-electron chi connectivity index (χ0n) is 16.7. The Labute approximate surface area is 167 Å². The highest BCUT2D eigenvalue weighted by molar-refractivity contribution is 5.88. The number of hydrogen-bond acceptors (Lipinski definition) is 2. The summed E-state index contributed by atoms with van der Waals surface area (Å²) in [4.78, 5) is 27.5. The van der Waals surface area contributed by atoms with Crippen molar-refractivity contribution in [2.24, 2.45) is 7.05 Å². The molecule has 1 heterocycles. The van der Waals surface area contributed by atoms with Gasteiger partial charge in [-0.2, -0.15) is 0 Å². The Kier molecular flexibility index (Phi) is 8.36. The van der Waals surface area contributed by atoms with Crippen LogP contribution in [-0.2, 0) is 23.1 Å². The molecule has 5 nitrogen and oxygen atoms in total. The van der Waals surface area contributed by atoms with Crippen LogP contribution in [0.3, 0.4) is 0 Å². The number of nitrogens with one attached hydrogen (secondary N) is 1. The molecule has 28 heavy (non-hydrogen) atoms. The average molecular weight is 380 g/mol. The molecule has 5 heteroatoms. The van der Waals surface area contributed by atoms with E-state index in [1.54, 1.807) is 0 Å². The number of terminal acetylenes is 1. The van der Waals surface area contributed by atoms with Crippen molar-refractivity contribution in [3.63, 3.8) is 0 Å². The van der Waals surface area contributed by atoms with Crippen molar-refractivity contribution < 1.29 is 9.59 Å². The molecule has 1 atom stereocenters. The van der Waals surface area contributed by atoms with Gasteiger partial charge in [-0.3, -0.25) is 9.59 Å². The van der Waals surface area contributed by atoms with Crippen molar-refractivity contribution in [3.05, 3.63) is 59.9 Å². The molecule has 1 aromatic heterocycles. The van der Waals surface area contributed by atoms with Crippen LogP contribution in [0.2, 0.25) is 0 Å². The Balaban J connectivity index is 2.22. The van der Waals surface area contributed by atoms with E-state index in [9.17, 15) is 9.59 Å². The third kappa shape index (κ3) is 5.75. The van der Waals surface area contributed by atoms with Gasteiger partial charge in [0.25, 0.3) is 0 Å². The Morgan fingerprint density at radius 2 is 1.96 bits per heavy atom. The Morgan fingerprint density at radius 3 is 2.57 bits per heavy atom. The van der Waals surface area contributed by atoms with Crippen LogP contribution in [0.5, 0.6) is 0 Å². The summed E-state index contributed by atoms with van der Waals surface area (Å²) in [6.07, 6.45) is 10.2. The lowest BCUT2D eigenvalue weighted by Gasteiger charge is -2.30. The zero-order valence-corrected chi connectivity index (χ0v) is 16.7. The van der Waals surface area contributed by atoms with Crippen LogP contribution >= 0.6 is 0 Å². The monoisotopic (exact) mass is 379 g/mol. The van der Waals surface area contributed by atoms with Gasteiger partial charge in [0.15, 0.2) is 6.04 Å². The summed E-state index contributed by atoms with van der Waals surface area (Å²) < 4.78 is 1.86. The second-order valence-electron chi connectivity index (χ2n) is 6.80. The number of carbonyl (C=O) groups excluding carboxylic acids is 2. The highest BCUT2D eigenvalue weighted by Gasteiger charge is 2.32. The second-order valence-corrected chi connectivity index (χ2v) is 6.80. The van der Waals surface area contributed by atoms with Gasteiger partial charge in [0.2, 0.25) is 11.8 Å². The minimum absolute atomic E-state index is 0.0880. The molecule has 2 aromatic rings. The summed E-state index contributed by atoms with van der Waals surface area (Å²) >= 11 is 0. The van der Waals surface area contributed by atoms with Crippen molar-refractivity contribution in [2.45, 2.75) is 38.6 Å². The van der Waals surface area contributed by atoms with Crippen LogP contribution in [0.25, 0.3) is 0 Å². The number of unbranched alkanes of at least 4 members (excludes halogenated alkanes) is 1. The third-order valence-electron chi connectivity index (χ3n) is 4.71. The normalized spacial score (nSPS) is 11.5. The van der Waals surface area contributed by atoms with Gasteiger partial charge in [0.1, 0.15) is 0 Å². The van der Waals surface area contributed by atoms with Crippen LogP contribution in [0.4, 0.5) is 0 Å². The van der Waals surface area contributed by atoms with Crippen LogP contribution in [0.1, 0.15) is 43.5 Å². The number of nitrogens with zero attached hydrogens (tertiary/aromatic N) is 2. The van der Waals surface area contributed by atoms with Gasteiger partial charge in [-0.1, -0.05) is 49.6 Å². The number of aryl methyl sites for hydroxylation is 2. The van der Waals surface area contributed by atoms with E-state index in [-0.39, 0.29) is 18.4 Å². The number of hydrogen-bond donors (Lipinski definition) is 1. The average Bonchev–Trinajstić information content (AvgIpc) is 3.12. The van der Waals surface area contributed by atoms with Crippen LogP contribution in [-0.4, -0.2) is 34.4 Å². The number of rotatable bonds is 10. The van der Waals surface area contributed by atoms with E-state index >= 15 is 0 Å². The Bertz CT molecular complexity index is 805. The van der Waals surface area contributed by atoms with E-state index < -0.39 is 6.04 Å². The van der Waals surface area contributed by atoms with E-state index in [0.717, 1.165) is 24.1 Å². The number of aromatic nitrogens is 1. The SMILES string of the molecule is C#CCN(C(=O)CCc1ccccc1)C(C(=O)NCCCC)c1cccn1C. The highest BCUT2D eigenvalue weighted by atomic mass is 16.2. The molecule has 1 aromatic carbocycles. The molecule has 0 saturated carbocycles. The fourth-order valence-electron chi connectivity index (χ4n) is 3.14. The summed E-state index contributed by atoms with van der Waals surface area (Å²) in [6, 6.07) is 12.8. The molecule has 0 aliphatic rings. The second kappa shape index (κ2) is 11.0. The van der Waals surface area contributed by atoms with Gasteiger partial charge in [-0.05, 0) is 30.5 Å². The number of benzene rings is 1. The maximum Gasteiger partial charge on any atom is 0.249 e. The van der Waals surface area contributed by atoms with Crippen LogP contribution in [0, 0.1) is 12.3 Å². The first-order valence-corrected chi connectivity index (χ1v) is 9.74. The molecule has 1 unspecified atom stereocenters. The van der Waals surface area contributed by atoms with Crippen molar-refractivity contribution in [3.8, 4) is 12.3 Å². The summed E-state index contributed by atoms with van der Waals surface area (Å²) in [5, 5.41) is 2.95. The van der Waals surface area contributed by atoms with E-state index in [4.69, 9.17) is 6.42 Å². The molecule has 2 amide bonds. The van der Waals surface area contributed by atoms with Crippen LogP contribution in [0.15, 0.2) is 48.7 Å². The Morgan fingerprint density at radius 1 is 1.21 bits per heavy atom. The van der Waals surface area contributed by atoms with Gasteiger partial charge in [0, 0.05) is 31.9 Å². The maximum absolute atomic E-state index is 13.0. The van der Waals surface area contributed by atoms with Crippen molar-refractivity contribution >= 4 is 11.8 Å². The predicted octanol–water partition coefficient (Wildman–Crippen LogP) is 3.08. The molecule has 1 N–H and O–H groups in total. The van der Waals surface area contributed by atoms with Crippen molar-refractivity contribution in [1.29, 1.82) is 0 Å². The zero-order chi connectivity index (χ0) is 20.4. The van der Waals surface area contributed by atoms with Gasteiger partial charge in [-0.15, -0.1) is 6.42 Å². The molecule has 0 radical (unpaired) electrons. The summed E-state index contributed by atoms with van der Waals surface area (Å²) in [5.41, 5.74) is 1.83. The number of carbonyl (C=O) groups is 2. The van der Waals surface area contributed by atoms with E-state index in [2.05, 4.69) is 18.2 Å². The van der Waals surface area contributed by atoms with Crippen molar-refractivity contribution in [1.82, 2.24) is 14.8 Å². The fraction of sp³-hybridized carbons (Fsp3) is 0.391. The summed E-state index contributed by atoms with van der Waals surface area (Å²) in [7, 11) is 1.87. The fourth-order valence-corrected chi connectivity index (χ4v) is 3.14. The number of amides is 2. The highest BCUT2D eigenvalue weighted by Crippen LogP contribution is 2.23. The smallest absolute Gasteiger partial charge is 0.249 e. The summed E-state index contributed by atoms with van der Waals surface area (Å²) in [6.45, 7) is 2.74. The van der Waals surface area contributed by atoms with E-state index in [1.807, 2.05) is 60.3 Å². The van der Waals surface area contributed by atoms with Gasteiger partial charge in [-0.25, -0.2) is 0 Å². The molecular weight excluding hydrogens is 350 g/mol. The molecule has 0 bridgehead atoms. The first-order valence-electron chi connectivity index (χ1n) is 9.74. The molecule has 0 fully saturated rings. The molecule has 0 spiro atoms. The first-order chi connectivity index (χ1) is 13.6. The van der Waals surface area contributed by atoms with Gasteiger partial charge < -0.3 is 14.8 Å². The first kappa shape index (κ1) is 21.3. The summed E-state index contributed by atoms with van der Waals surface area (Å²) in [5.74, 6) is 2.22. The molecule has 0 aliphatic carbocycles. The molecule has 0 aliphatic heterocycles. The van der Waals surface area contributed by atoms with Gasteiger partial charge >= 0.3 is 0 Å². The standard InChI is InChI=1S/C23H29N3O2/c1-4-6-16-24-23(28)22(20-13-10-18-25(20)3)26(17-5-2)21(27)15-14-19-11-8-7-9-12-19/h2,7-13,18,22H,4,6,14-17H2,1,3H3,(H,24,28). The minimum atomic E-state index is -0.740. The topological polar surface area (TPSA) is 54.3 Å². The Hall–Kier alpha value is -3.00. The quantitative estimate of drug-likeness (QED) is 0.509. The molecular formula is C23H29N3O2. The minimum Gasteiger partial charge on any atom is -0.354 e. The van der Waals surface area contributed by atoms with Crippen LogP contribution < -0.4 is 5.32 Å². The lowest BCUT2D eigenvalue weighted by molar-refractivity contribution is -0.140. The lowest BCUT2D eigenvalue weighted by Crippen LogP contribution is -2.45. The van der Waals surface area contributed by atoms with Gasteiger partial charge in [0.05, 0.1) is 6.54 Å². The third-order valence-corrected chi connectivity index (χ3v) is 4.71. The molecule has 0 saturated heterocycles. The predicted molar refractivity (Wildman–Crippen MR) is 111 cm³/mol. The largest absolute Gasteiger partial charge is 0.354 e. The molecule has 148 valence electrons. The van der Waals surface area contributed by atoms with Crippen molar-refractivity contribution in [2.75, 3.05) is 13.1 Å². The molecule has 2 rings (SSSR count). The maximum atomic E-state index is 13.0. The van der Waals surface area contributed by atoms with E-state index in [1.165, 1.54) is 4.90 Å². The van der Waals surface area contributed by atoms with E-state index in [0.29, 0.717) is 19.4 Å². The lowest BCUT2D eigenvalue weighted by atomic mass is 10.1.